The molecule has 0 spiro atoms. The van der Waals surface area contributed by atoms with Crippen LogP contribution >= 0.6 is 0 Å². The molecule has 1 amide bonds. The van der Waals surface area contributed by atoms with E-state index in [0.29, 0.717) is 37.8 Å². The molecule has 0 saturated carbocycles. The van der Waals surface area contributed by atoms with Crippen LogP contribution in [0.1, 0.15) is 57.3 Å². The van der Waals surface area contributed by atoms with E-state index in [1.807, 2.05) is 42.5 Å². The normalized spacial score (nSPS) is 12.6. The number of fused-ring (bicyclic) bond motifs is 1. The summed E-state index contributed by atoms with van der Waals surface area (Å²) in [6.45, 7) is 1.80. The third-order valence-corrected chi connectivity index (χ3v) is 5.39. The minimum Gasteiger partial charge on any atom is -0.340 e. The third-order valence-electron chi connectivity index (χ3n) is 5.39. The fourth-order valence-corrected chi connectivity index (χ4v) is 3.56. The van der Waals surface area contributed by atoms with E-state index in [-0.39, 0.29) is 18.0 Å². The van der Waals surface area contributed by atoms with Gasteiger partial charge in [0.25, 0.3) is 0 Å². The molecular weight excluding hydrogens is 419 g/mol. The molecule has 0 unspecified atom stereocenters. The topological polar surface area (TPSA) is 74.8 Å². The molecular formula is C24H26F3N3O2. The van der Waals surface area contributed by atoms with Crippen LogP contribution in [0.25, 0.3) is 22.0 Å². The molecule has 170 valence electrons. The highest BCUT2D eigenvalue weighted by Gasteiger charge is 2.40. The van der Waals surface area contributed by atoms with Crippen molar-refractivity contribution in [3.05, 3.63) is 54.5 Å². The van der Waals surface area contributed by atoms with Gasteiger partial charge >= 0.3 is 12.1 Å². The van der Waals surface area contributed by atoms with E-state index in [4.69, 9.17) is 0 Å². The summed E-state index contributed by atoms with van der Waals surface area (Å²) in [6.07, 6.45) is -0.267. The Bertz CT molecular complexity index is 1080. The second-order valence-corrected chi connectivity index (χ2v) is 7.76. The predicted octanol–water partition coefficient (Wildman–Crippen LogP) is 5.88. The van der Waals surface area contributed by atoms with E-state index in [1.165, 1.54) is 0 Å². The molecule has 1 heterocycles. The third kappa shape index (κ3) is 6.18. The number of hydrogen-bond acceptors (Lipinski definition) is 3. The van der Waals surface area contributed by atoms with Crippen molar-refractivity contribution in [2.24, 2.45) is 0 Å². The van der Waals surface area contributed by atoms with Crippen LogP contribution in [0.2, 0.25) is 0 Å². The van der Waals surface area contributed by atoms with Gasteiger partial charge in [0.1, 0.15) is 11.6 Å². The lowest BCUT2D eigenvalue weighted by atomic mass is 10.0. The number of carbonyl (C=O) groups is 2. The van der Waals surface area contributed by atoms with Crippen LogP contribution in [-0.2, 0) is 9.59 Å². The van der Waals surface area contributed by atoms with Crippen molar-refractivity contribution >= 4 is 22.5 Å². The van der Waals surface area contributed by atoms with Crippen LogP contribution in [-0.4, -0.2) is 27.8 Å². The first-order chi connectivity index (χ1) is 15.3. The van der Waals surface area contributed by atoms with Crippen molar-refractivity contribution in [2.45, 2.75) is 57.7 Å². The number of amides is 1. The first kappa shape index (κ1) is 23.5. The molecule has 0 aliphatic rings. The Morgan fingerprint density at radius 3 is 2.53 bits per heavy atom. The van der Waals surface area contributed by atoms with E-state index < -0.39 is 18.1 Å². The summed E-state index contributed by atoms with van der Waals surface area (Å²) in [6, 6.07) is 12.8. The van der Waals surface area contributed by atoms with Gasteiger partial charge in [-0.2, -0.15) is 13.2 Å². The number of H-pyrrole nitrogens is 1. The number of ketones is 1. The van der Waals surface area contributed by atoms with Gasteiger partial charge in [-0.15, -0.1) is 0 Å². The highest BCUT2D eigenvalue weighted by atomic mass is 19.4. The van der Waals surface area contributed by atoms with Crippen molar-refractivity contribution in [1.29, 1.82) is 0 Å². The van der Waals surface area contributed by atoms with Gasteiger partial charge in [0.05, 0.1) is 17.9 Å². The van der Waals surface area contributed by atoms with Crippen LogP contribution in [0.15, 0.2) is 48.7 Å². The van der Waals surface area contributed by atoms with Gasteiger partial charge in [0.15, 0.2) is 0 Å². The molecule has 5 nitrogen and oxygen atoms in total. The largest absolute Gasteiger partial charge is 0.471 e. The van der Waals surface area contributed by atoms with E-state index in [1.54, 1.807) is 13.1 Å². The number of rotatable bonds is 10. The number of unbranched alkanes of at least 4 members (excludes halogenated alkanes) is 2. The predicted molar refractivity (Wildman–Crippen MR) is 117 cm³/mol. The van der Waals surface area contributed by atoms with Gasteiger partial charge in [-0.3, -0.25) is 9.59 Å². The summed E-state index contributed by atoms with van der Waals surface area (Å²) in [5, 5.41) is 4.16. The molecule has 3 aromatic rings. The smallest absolute Gasteiger partial charge is 0.340 e. The number of benzene rings is 2. The SMILES string of the molecule is CCC(=O)CCCCC[C@H](NC(=O)C(F)(F)F)c1ncc(-c2ccc3ccccc3c2)[nH]1. The van der Waals surface area contributed by atoms with E-state index >= 15 is 0 Å². The number of imidazole rings is 1. The average molecular weight is 445 g/mol. The minimum absolute atomic E-state index is 0.165. The molecule has 2 N–H and O–H groups in total. The Labute approximate surface area is 184 Å². The Balaban J connectivity index is 1.74. The zero-order chi connectivity index (χ0) is 23.1. The number of halogens is 3. The molecule has 0 aliphatic carbocycles. The zero-order valence-electron chi connectivity index (χ0n) is 17.8. The maximum absolute atomic E-state index is 12.8. The molecule has 0 radical (unpaired) electrons. The lowest BCUT2D eigenvalue weighted by molar-refractivity contribution is -0.174. The Morgan fingerprint density at radius 1 is 1.06 bits per heavy atom. The molecule has 0 fully saturated rings. The van der Waals surface area contributed by atoms with Gasteiger partial charge in [0, 0.05) is 18.4 Å². The van der Waals surface area contributed by atoms with Crippen molar-refractivity contribution in [1.82, 2.24) is 15.3 Å². The number of carbonyl (C=O) groups excluding carboxylic acids is 2. The lowest BCUT2D eigenvalue weighted by Crippen LogP contribution is -2.39. The molecule has 2 aromatic carbocycles. The Hall–Kier alpha value is -3.16. The van der Waals surface area contributed by atoms with Crippen molar-refractivity contribution in [3.8, 4) is 11.3 Å². The van der Waals surface area contributed by atoms with Crippen LogP contribution in [0.4, 0.5) is 13.2 Å². The molecule has 32 heavy (non-hydrogen) atoms. The number of nitrogens with one attached hydrogen (secondary N) is 2. The van der Waals surface area contributed by atoms with Gasteiger partial charge in [-0.05, 0) is 29.7 Å². The van der Waals surface area contributed by atoms with Gasteiger partial charge in [0.2, 0.25) is 0 Å². The summed E-state index contributed by atoms with van der Waals surface area (Å²) in [4.78, 5) is 30.3. The number of aromatic nitrogens is 2. The number of aromatic amines is 1. The number of alkyl halides is 3. The van der Waals surface area contributed by atoms with Crippen LogP contribution in [0, 0.1) is 0 Å². The number of nitrogens with zero attached hydrogens (tertiary/aromatic N) is 1. The maximum Gasteiger partial charge on any atom is 0.471 e. The molecule has 0 aliphatic heterocycles. The summed E-state index contributed by atoms with van der Waals surface area (Å²) >= 11 is 0. The summed E-state index contributed by atoms with van der Waals surface area (Å²) < 4.78 is 38.5. The maximum atomic E-state index is 12.8. The monoisotopic (exact) mass is 445 g/mol. The standard InChI is InChI=1S/C24H26F3N3O2/c1-2-19(31)10-4-3-5-11-20(30-23(32)24(25,26)27)22-28-15-21(29-22)18-13-12-16-8-6-7-9-17(16)14-18/h6-9,12-15,20H,2-5,10-11H2,1H3,(H,28,29)(H,30,32)/t20-/m0/s1. The highest BCUT2D eigenvalue weighted by molar-refractivity contribution is 5.86. The first-order valence-corrected chi connectivity index (χ1v) is 10.7. The fraction of sp³-hybridized carbons (Fsp3) is 0.375. The number of hydrogen-bond donors (Lipinski definition) is 2. The molecule has 1 aromatic heterocycles. The van der Waals surface area contributed by atoms with Crippen LogP contribution < -0.4 is 5.32 Å². The quantitative estimate of drug-likeness (QED) is 0.383. The van der Waals surface area contributed by atoms with Crippen molar-refractivity contribution in [3.63, 3.8) is 0 Å². The van der Waals surface area contributed by atoms with Gasteiger partial charge in [-0.25, -0.2) is 4.98 Å². The minimum atomic E-state index is -4.97. The van der Waals surface area contributed by atoms with E-state index in [2.05, 4.69) is 15.3 Å². The molecule has 0 saturated heterocycles. The summed E-state index contributed by atoms with van der Waals surface area (Å²) in [5.41, 5.74) is 1.51. The van der Waals surface area contributed by atoms with Crippen molar-refractivity contribution in [2.75, 3.05) is 0 Å². The van der Waals surface area contributed by atoms with Crippen molar-refractivity contribution < 1.29 is 22.8 Å². The molecule has 0 bridgehead atoms. The van der Waals surface area contributed by atoms with E-state index in [9.17, 15) is 22.8 Å². The molecule has 1 atom stereocenters. The lowest BCUT2D eigenvalue weighted by Gasteiger charge is -2.18. The molecule has 3 rings (SSSR count). The summed E-state index contributed by atoms with van der Waals surface area (Å²) in [5.74, 6) is -1.55. The van der Waals surface area contributed by atoms with Crippen LogP contribution in [0.3, 0.4) is 0 Å². The van der Waals surface area contributed by atoms with Crippen LogP contribution in [0.5, 0.6) is 0 Å². The first-order valence-electron chi connectivity index (χ1n) is 10.7. The van der Waals surface area contributed by atoms with Gasteiger partial charge in [-0.1, -0.05) is 56.2 Å². The Kier molecular flexibility index (Phi) is 7.66. The summed E-state index contributed by atoms with van der Waals surface area (Å²) in [7, 11) is 0. The second kappa shape index (κ2) is 10.4. The Morgan fingerprint density at radius 2 is 1.81 bits per heavy atom. The van der Waals surface area contributed by atoms with E-state index in [0.717, 1.165) is 16.3 Å². The number of Topliss-reactive ketones (excluding diaryl/α,β-unsaturated/α-hetero) is 1. The van der Waals surface area contributed by atoms with Gasteiger partial charge < -0.3 is 10.3 Å². The zero-order valence-corrected chi connectivity index (χ0v) is 17.8. The average Bonchev–Trinajstić information content (AvgIpc) is 3.27. The highest BCUT2D eigenvalue weighted by Crippen LogP contribution is 2.26. The second-order valence-electron chi connectivity index (χ2n) is 7.76. The molecule has 8 heteroatoms. The fourth-order valence-electron chi connectivity index (χ4n) is 3.56.